The smallest absolute Gasteiger partial charge is 0.264 e. The zero-order valence-corrected chi connectivity index (χ0v) is 13.8. The largest absolute Gasteiger partial charge is 0.394 e. The highest BCUT2D eigenvalue weighted by Crippen LogP contribution is 2.16. The molecule has 7 nitrogen and oxygen atoms in total. The molecule has 3 aromatic rings. The zero-order valence-electron chi connectivity index (χ0n) is 13.8. The summed E-state index contributed by atoms with van der Waals surface area (Å²) in [5, 5.41) is 13.5. The Labute approximate surface area is 139 Å². The Morgan fingerprint density at radius 1 is 1.17 bits per heavy atom. The Bertz CT molecular complexity index is 894. The van der Waals surface area contributed by atoms with Gasteiger partial charge in [0, 0.05) is 0 Å². The number of aryl methyl sites for hydroxylation is 2. The molecule has 0 atom stereocenters. The van der Waals surface area contributed by atoms with Gasteiger partial charge in [-0.1, -0.05) is 6.07 Å². The number of hydrogen-bond acceptors (Lipinski definition) is 5. The Kier molecular flexibility index (Phi) is 4.73. The summed E-state index contributed by atoms with van der Waals surface area (Å²) in [6, 6.07) is 6.10. The van der Waals surface area contributed by atoms with Crippen LogP contribution in [0.3, 0.4) is 0 Å². The monoisotopic (exact) mass is 328 g/mol. The third kappa shape index (κ3) is 3.22. The molecule has 3 rings (SSSR count). The Morgan fingerprint density at radius 2 is 1.92 bits per heavy atom. The number of rotatable bonds is 6. The van der Waals surface area contributed by atoms with Gasteiger partial charge in [-0.15, -0.1) is 0 Å². The SMILES string of the molecule is Cc1cc(C)cc(-n2ncc3c(=O)n(CCOCCO)cnc32)c1. The Hall–Kier alpha value is -2.51. The molecule has 1 N–H and O–H groups in total. The van der Waals surface area contributed by atoms with E-state index < -0.39 is 0 Å². The number of aromatic nitrogens is 4. The van der Waals surface area contributed by atoms with E-state index in [9.17, 15) is 4.79 Å². The molecule has 2 heterocycles. The fourth-order valence-electron chi connectivity index (χ4n) is 2.70. The van der Waals surface area contributed by atoms with E-state index in [0.717, 1.165) is 16.8 Å². The van der Waals surface area contributed by atoms with Crippen LogP contribution in [0.25, 0.3) is 16.7 Å². The third-order valence-electron chi connectivity index (χ3n) is 3.72. The van der Waals surface area contributed by atoms with E-state index in [4.69, 9.17) is 9.84 Å². The van der Waals surface area contributed by atoms with Gasteiger partial charge in [0.05, 0.1) is 38.2 Å². The molecular weight excluding hydrogens is 308 g/mol. The minimum Gasteiger partial charge on any atom is -0.394 e. The van der Waals surface area contributed by atoms with Gasteiger partial charge < -0.3 is 9.84 Å². The van der Waals surface area contributed by atoms with Crippen LogP contribution in [0.1, 0.15) is 11.1 Å². The van der Waals surface area contributed by atoms with E-state index in [-0.39, 0.29) is 18.8 Å². The standard InChI is InChI=1S/C17H20N4O3/c1-12-7-13(2)9-14(8-12)21-16-15(10-19-21)17(23)20(11-18-16)3-5-24-6-4-22/h7-11,22H,3-6H2,1-2H3. The van der Waals surface area contributed by atoms with Crippen LogP contribution in [0.2, 0.25) is 0 Å². The van der Waals surface area contributed by atoms with E-state index in [1.807, 2.05) is 26.0 Å². The normalized spacial score (nSPS) is 11.3. The molecule has 0 radical (unpaired) electrons. The molecule has 0 aliphatic carbocycles. The summed E-state index contributed by atoms with van der Waals surface area (Å²) in [6.45, 7) is 5.00. The minimum atomic E-state index is -0.150. The van der Waals surface area contributed by atoms with Crippen LogP contribution in [0.5, 0.6) is 0 Å². The topological polar surface area (TPSA) is 82.2 Å². The van der Waals surface area contributed by atoms with Gasteiger partial charge in [-0.05, 0) is 37.1 Å². The molecule has 2 aromatic heterocycles. The summed E-state index contributed by atoms with van der Waals surface area (Å²) in [6.07, 6.45) is 3.06. The fraction of sp³-hybridized carbons (Fsp3) is 0.353. The van der Waals surface area contributed by atoms with E-state index in [1.165, 1.54) is 10.9 Å². The second kappa shape index (κ2) is 6.94. The van der Waals surface area contributed by atoms with Crippen molar-refractivity contribution in [2.75, 3.05) is 19.8 Å². The molecule has 24 heavy (non-hydrogen) atoms. The summed E-state index contributed by atoms with van der Waals surface area (Å²) in [4.78, 5) is 16.9. The lowest BCUT2D eigenvalue weighted by atomic mass is 10.1. The van der Waals surface area contributed by atoms with Crippen LogP contribution in [0, 0.1) is 13.8 Å². The summed E-state index contributed by atoms with van der Waals surface area (Å²) in [7, 11) is 0. The van der Waals surface area contributed by atoms with Crippen molar-refractivity contribution < 1.29 is 9.84 Å². The second-order valence-electron chi connectivity index (χ2n) is 5.72. The highest BCUT2D eigenvalue weighted by molar-refractivity contribution is 5.75. The first-order valence-corrected chi connectivity index (χ1v) is 7.80. The molecule has 0 unspecified atom stereocenters. The van der Waals surface area contributed by atoms with Crippen molar-refractivity contribution in [1.82, 2.24) is 19.3 Å². The van der Waals surface area contributed by atoms with Crippen molar-refractivity contribution >= 4 is 11.0 Å². The van der Waals surface area contributed by atoms with E-state index in [0.29, 0.717) is 24.2 Å². The maximum Gasteiger partial charge on any atom is 0.264 e. The first-order valence-electron chi connectivity index (χ1n) is 7.80. The first kappa shape index (κ1) is 16.4. The van der Waals surface area contributed by atoms with Crippen molar-refractivity contribution in [2.45, 2.75) is 20.4 Å². The number of nitrogens with zero attached hydrogens (tertiary/aromatic N) is 4. The van der Waals surface area contributed by atoms with Crippen molar-refractivity contribution in [3.8, 4) is 5.69 Å². The van der Waals surface area contributed by atoms with E-state index in [2.05, 4.69) is 16.1 Å². The molecule has 0 saturated heterocycles. The average Bonchev–Trinajstić information content (AvgIpc) is 2.97. The first-order chi connectivity index (χ1) is 11.6. The molecule has 0 saturated carbocycles. The molecule has 7 heteroatoms. The number of fused-ring (bicyclic) bond motifs is 1. The molecule has 1 aromatic carbocycles. The number of ether oxygens (including phenoxy) is 1. The zero-order chi connectivity index (χ0) is 17.1. The molecular formula is C17H20N4O3. The average molecular weight is 328 g/mol. The molecule has 0 fully saturated rings. The van der Waals surface area contributed by atoms with Gasteiger partial charge in [0.15, 0.2) is 5.65 Å². The molecule has 0 bridgehead atoms. The molecule has 0 aliphatic rings. The summed E-state index contributed by atoms with van der Waals surface area (Å²) < 4.78 is 8.37. The van der Waals surface area contributed by atoms with Gasteiger partial charge in [-0.2, -0.15) is 5.10 Å². The predicted octanol–water partition coefficient (Wildman–Crippen LogP) is 1.21. The van der Waals surface area contributed by atoms with Gasteiger partial charge in [0.25, 0.3) is 5.56 Å². The molecule has 0 aliphatic heterocycles. The van der Waals surface area contributed by atoms with Crippen LogP contribution in [0.15, 0.2) is 35.5 Å². The number of hydrogen-bond donors (Lipinski definition) is 1. The van der Waals surface area contributed by atoms with Crippen LogP contribution in [-0.2, 0) is 11.3 Å². The highest BCUT2D eigenvalue weighted by Gasteiger charge is 2.12. The van der Waals surface area contributed by atoms with Gasteiger partial charge in [0.1, 0.15) is 11.7 Å². The van der Waals surface area contributed by atoms with Gasteiger partial charge in [-0.25, -0.2) is 9.67 Å². The number of aliphatic hydroxyl groups is 1. The summed E-state index contributed by atoms with van der Waals surface area (Å²) in [5.74, 6) is 0. The second-order valence-corrected chi connectivity index (χ2v) is 5.72. The van der Waals surface area contributed by atoms with Gasteiger partial charge in [0.2, 0.25) is 0 Å². The lowest BCUT2D eigenvalue weighted by molar-refractivity contribution is 0.0865. The van der Waals surface area contributed by atoms with E-state index >= 15 is 0 Å². The minimum absolute atomic E-state index is 0.0329. The van der Waals surface area contributed by atoms with E-state index in [1.54, 1.807) is 10.9 Å². The molecule has 126 valence electrons. The number of benzene rings is 1. The van der Waals surface area contributed by atoms with Crippen molar-refractivity contribution in [3.63, 3.8) is 0 Å². The fourth-order valence-corrected chi connectivity index (χ4v) is 2.70. The van der Waals surface area contributed by atoms with Gasteiger partial charge in [-0.3, -0.25) is 9.36 Å². The number of aliphatic hydroxyl groups excluding tert-OH is 1. The summed E-state index contributed by atoms with van der Waals surface area (Å²) in [5.41, 5.74) is 3.53. The Morgan fingerprint density at radius 3 is 2.62 bits per heavy atom. The van der Waals surface area contributed by atoms with Crippen LogP contribution in [-0.4, -0.2) is 44.3 Å². The molecule has 0 amide bonds. The van der Waals surface area contributed by atoms with Crippen LogP contribution in [0.4, 0.5) is 0 Å². The third-order valence-corrected chi connectivity index (χ3v) is 3.72. The molecule has 0 spiro atoms. The van der Waals surface area contributed by atoms with Crippen LogP contribution >= 0.6 is 0 Å². The highest BCUT2D eigenvalue weighted by atomic mass is 16.5. The van der Waals surface area contributed by atoms with Crippen molar-refractivity contribution in [1.29, 1.82) is 0 Å². The lowest BCUT2D eigenvalue weighted by Gasteiger charge is -2.08. The lowest BCUT2D eigenvalue weighted by Crippen LogP contribution is -2.23. The quantitative estimate of drug-likeness (QED) is 0.688. The van der Waals surface area contributed by atoms with Gasteiger partial charge >= 0.3 is 0 Å². The summed E-state index contributed by atoms with van der Waals surface area (Å²) >= 11 is 0. The van der Waals surface area contributed by atoms with Crippen LogP contribution < -0.4 is 5.56 Å². The maximum absolute atomic E-state index is 12.5. The predicted molar refractivity (Wildman–Crippen MR) is 90.5 cm³/mol. The van der Waals surface area contributed by atoms with Crippen molar-refractivity contribution in [2.24, 2.45) is 0 Å². The Balaban J connectivity index is 1.96. The maximum atomic E-state index is 12.5. The van der Waals surface area contributed by atoms with Crippen molar-refractivity contribution in [3.05, 3.63) is 52.2 Å².